The average molecular weight is 960 g/mol. The van der Waals surface area contributed by atoms with Crippen molar-refractivity contribution in [2.75, 3.05) is 13.2 Å². The molecule has 69 heavy (non-hydrogen) atoms. The molecule has 0 rings (SSSR count). The van der Waals surface area contributed by atoms with Crippen molar-refractivity contribution in [3.8, 4) is 0 Å². The van der Waals surface area contributed by atoms with Crippen molar-refractivity contribution in [2.24, 2.45) is 0 Å². The molecule has 6 heteroatoms. The SMILES string of the molecule is CC/C=C\C/C=C\C/C=C\C/C=C\C/C=C\C/C=C\CCCCCCCCCCC(=O)OCC(COC(=O)CCCCCCC/C=C\CCCCC)OC(=O)CCCCCCC/C=C\CCCCC. The van der Waals surface area contributed by atoms with Gasteiger partial charge in [0.15, 0.2) is 6.10 Å². The monoisotopic (exact) mass is 959 g/mol. The first-order chi connectivity index (χ1) is 34.0. The van der Waals surface area contributed by atoms with Crippen molar-refractivity contribution in [3.05, 3.63) is 97.2 Å². The Bertz CT molecular complexity index is 1380. The lowest BCUT2D eigenvalue weighted by Crippen LogP contribution is -2.30. The topological polar surface area (TPSA) is 78.9 Å². The van der Waals surface area contributed by atoms with Crippen molar-refractivity contribution in [3.63, 3.8) is 0 Å². The van der Waals surface area contributed by atoms with Gasteiger partial charge in [-0.25, -0.2) is 0 Å². The van der Waals surface area contributed by atoms with E-state index in [1.54, 1.807) is 0 Å². The van der Waals surface area contributed by atoms with Gasteiger partial charge in [0, 0.05) is 19.3 Å². The van der Waals surface area contributed by atoms with Crippen LogP contribution < -0.4 is 0 Å². The standard InChI is InChI=1S/C63H106O6/c1-4-7-10-13-16-19-22-25-26-27-28-29-30-31-32-33-34-35-36-37-38-39-42-44-47-50-53-56-62(65)68-59-60(69-63(66)57-54-51-48-45-41-24-21-18-15-12-9-6-3)58-67-61(64)55-52-49-46-43-40-23-20-17-14-11-8-5-2/h7,10,16-21,25-26,28-29,31-32,34-35,60H,4-6,8-9,11-15,22-24,27,30,33,36-59H2,1-3H3/b10-7-,19-16-,20-17-,21-18-,26-25-,29-28-,32-31-,35-34-. The summed E-state index contributed by atoms with van der Waals surface area (Å²) in [5.74, 6) is -0.913. The van der Waals surface area contributed by atoms with Crippen LogP contribution in [0.4, 0.5) is 0 Å². The fraction of sp³-hybridized carbons (Fsp3) is 0.698. The second-order valence-electron chi connectivity index (χ2n) is 18.8. The van der Waals surface area contributed by atoms with Crippen LogP contribution in [0.15, 0.2) is 97.2 Å². The molecular formula is C63H106O6. The minimum absolute atomic E-state index is 0.0875. The van der Waals surface area contributed by atoms with E-state index >= 15 is 0 Å². The zero-order valence-corrected chi connectivity index (χ0v) is 45.0. The predicted molar refractivity (Wildman–Crippen MR) is 297 cm³/mol. The Morgan fingerprint density at radius 1 is 0.304 bits per heavy atom. The van der Waals surface area contributed by atoms with Gasteiger partial charge in [-0.05, 0) is 122 Å². The Balaban J connectivity index is 4.28. The number of hydrogen-bond donors (Lipinski definition) is 0. The molecule has 0 fully saturated rings. The highest BCUT2D eigenvalue weighted by Crippen LogP contribution is 2.14. The molecule has 6 nitrogen and oxygen atoms in total. The van der Waals surface area contributed by atoms with Gasteiger partial charge in [-0.15, -0.1) is 0 Å². The van der Waals surface area contributed by atoms with E-state index in [1.807, 2.05) is 0 Å². The van der Waals surface area contributed by atoms with E-state index in [0.717, 1.165) is 122 Å². The van der Waals surface area contributed by atoms with Crippen LogP contribution in [0.3, 0.4) is 0 Å². The van der Waals surface area contributed by atoms with Gasteiger partial charge in [-0.1, -0.05) is 221 Å². The molecule has 0 saturated carbocycles. The van der Waals surface area contributed by atoms with Crippen LogP contribution in [0.25, 0.3) is 0 Å². The lowest BCUT2D eigenvalue weighted by molar-refractivity contribution is -0.167. The third kappa shape index (κ3) is 55.1. The molecule has 0 aliphatic rings. The smallest absolute Gasteiger partial charge is 0.306 e. The predicted octanol–water partition coefficient (Wildman–Crippen LogP) is 19.3. The summed E-state index contributed by atoms with van der Waals surface area (Å²) in [7, 11) is 0. The van der Waals surface area contributed by atoms with Crippen molar-refractivity contribution in [1.82, 2.24) is 0 Å². The van der Waals surface area contributed by atoms with Crippen LogP contribution in [0, 0.1) is 0 Å². The van der Waals surface area contributed by atoms with Crippen molar-refractivity contribution < 1.29 is 28.6 Å². The van der Waals surface area contributed by atoms with Gasteiger partial charge in [0.25, 0.3) is 0 Å². The zero-order valence-electron chi connectivity index (χ0n) is 45.0. The molecule has 0 bridgehead atoms. The van der Waals surface area contributed by atoms with Gasteiger partial charge in [0.1, 0.15) is 13.2 Å². The van der Waals surface area contributed by atoms with Crippen LogP contribution in [0.2, 0.25) is 0 Å². The molecule has 0 aliphatic carbocycles. The van der Waals surface area contributed by atoms with Crippen molar-refractivity contribution >= 4 is 17.9 Å². The number of carbonyl (C=O) groups excluding carboxylic acids is 3. The van der Waals surface area contributed by atoms with Crippen molar-refractivity contribution in [2.45, 2.75) is 271 Å². The Kier molecular flexibility index (Phi) is 53.9. The van der Waals surface area contributed by atoms with Gasteiger partial charge in [-0.3, -0.25) is 14.4 Å². The number of allylic oxidation sites excluding steroid dienone is 16. The third-order valence-electron chi connectivity index (χ3n) is 12.0. The van der Waals surface area contributed by atoms with E-state index in [1.165, 1.54) is 103 Å². The summed E-state index contributed by atoms with van der Waals surface area (Å²) in [5.41, 5.74) is 0. The molecule has 0 spiro atoms. The molecular weight excluding hydrogens is 853 g/mol. The summed E-state index contributed by atoms with van der Waals surface area (Å²) in [5, 5.41) is 0. The third-order valence-corrected chi connectivity index (χ3v) is 12.0. The van der Waals surface area contributed by atoms with Gasteiger partial charge < -0.3 is 14.2 Å². The highest BCUT2D eigenvalue weighted by Gasteiger charge is 2.19. The second-order valence-corrected chi connectivity index (χ2v) is 18.8. The lowest BCUT2D eigenvalue weighted by atomic mass is 10.1. The molecule has 0 aliphatic heterocycles. The fourth-order valence-corrected chi connectivity index (χ4v) is 7.73. The quantitative estimate of drug-likeness (QED) is 0.0262. The Morgan fingerprint density at radius 3 is 0.899 bits per heavy atom. The highest BCUT2D eigenvalue weighted by atomic mass is 16.6. The van der Waals surface area contributed by atoms with Crippen molar-refractivity contribution in [1.29, 1.82) is 0 Å². The van der Waals surface area contributed by atoms with Gasteiger partial charge in [-0.2, -0.15) is 0 Å². The zero-order chi connectivity index (χ0) is 50.0. The molecule has 0 amide bonds. The van der Waals surface area contributed by atoms with Crippen LogP contribution in [0.1, 0.15) is 265 Å². The molecule has 1 unspecified atom stereocenters. The fourth-order valence-electron chi connectivity index (χ4n) is 7.73. The van der Waals surface area contributed by atoms with E-state index in [2.05, 4.69) is 118 Å². The number of unbranched alkanes of at least 4 members (excludes halogenated alkanes) is 24. The highest BCUT2D eigenvalue weighted by molar-refractivity contribution is 5.71. The largest absolute Gasteiger partial charge is 0.462 e. The summed E-state index contributed by atoms with van der Waals surface area (Å²) in [6, 6.07) is 0. The molecule has 1 atom stereocenters. The minimum Gasteiger partial charge on any atom is -0.462 e. The molecule has 0 N–H and O–H groups in total. The molecule has 0 aromatic heterocycles. The summed E-state index contributed by atoms with van der Waals surface area (Å²) < 4.78 is 16.8. The minimum atomic E-state index is -0.788. The molecule has 0 aromatic rings. The van der Waals surface area contributed by atoms with Gasteiger partial charge >= 0.3 is 17.9 Å². The van der Waals surface area contributed by atoms with Crippen LogP contribution >= 0.6 is 0 Å². The molecule has 0 radical (unpaired) electrons. The summed E-state index contributed by atoms with van der Waals surface area (Å²) in [6.45, 7) is 6.46. The number of hydrogen-bond acceptors (Lipinski definition) is 6. The summed E-state index contributed by atoms with van der Waals surface area (Å²) in [6.07, 6.45) is 75.4. The Morgan fingerprint density at radius 2 is 0.565 bits per heavy atom. The molecule has 0 aromatic carbocycles. The first-order valence-corrected chi connectivity index (χ1v) is 28.7. The average Bonchev–Trinajstić information content (AvgIpc) is 3.35. The number of esters is 3. The van der Waals surface area contributed by atoms with E-state index in [-0.39, 0.29) is 31.1 Å². The summed E-state index contributed by atoms with van der Waals surface area (Å²) >= 11 is 0. The van der Waals surface area contributed by atoms with Crippen LogP contribution in [0.5, 0.6) is 0 Å². The van der Waals surface area contributed by atoms with Gasteiger partial charge in [0.05, 0.1) is 0 Å². The van der Waals surface area contributed by atoms with E-state index in [0.29, 0.717) is 19.3 Å². The van der Waals surface area contributed by atoms with E-state index < -0.39 is 6.10 Å². The normalized spacial score (nSPS) is 12.8. The lowest BCUT2D eigenvalue weighted by Gasteiger charge is -2.18. The van der Waals surface area contributed by atoms with E-state index in [4.69, 9.17) is 14.2 Å². The first kappa shape index (κ1) is 65.3. The van der Waals surface area contributed by atoms with Crippen LogP contribution in [-0.4, -0.2) is 37.2 Å². The number of ether oxygens (including phenoxy) is 3. The van der Waals surface area contributed by atoms with E-state index in [9.17, 15) is 14.4 Å². The van der Waals surface area contributed by atoms with Crippen LogP contribution in [-0.2, 0) is 28.6 Å². The summed E-state index contributed by atoms with van der Waals surface area (Å²) in [4.78, 5) is 38.0. The maximum Gasteiger partial charge on any atom is 0.306 e. The Labute approximate surface area is 426 Å². The first-order valence-electron chi connectivity index (χ1n) is 28.7. The number of rotatable bonds is 51. The van der Waals surface area contributed by atoms with Gasteiger partial charge in [0.2, 0.25) is 0 Å². The molecule has 0 heterocycles. The molecule has 394 valence electrons. The Hall–Kier alpha value is -3.67. The second kappa shape index (κ2) is 56.9. The maximum absolute atomic E-state index is 12.8. The maximum atomic E-state index is 12.8. The molecule has 0 saturated heterocycles. The number of carbonyl (C=O) groups is 3.